The van der Waals surface area contributed by atoms with Gasteiger partial charge in [0.2, 0.25) is 23.6 Å². The lowest BCUT2D eigenvalue weighted by Crippen LogP contribution is -2.72. The third-order valence-corrected chi connectivity index (χ3v) is 24.5. The van der Waals surface area contributed by atoms with Gasteiger partial charge in [-0.15, -0.1) is 0 Å². The molecule has 11 heterocycles. The summed E-state index contributed by atoms with van der Waals surface area (Å²) in [6.45, 7) is -4.54. The molecule has 764 valence electrons. The minimum absolute atomic E-state index is 0.875. The molecule has 11 aliphatic rings. The Kier molecular flexibility index (Phi) is 38.5. The van der Waals surface area contributed by atoms with Crippen molar-refractivity contribution in [3.63, 3.8) is 0 Å². The topological polar surface area (TPSA) is 897 Å². The lowest BCUT2D eigenvalue weighted by Gasteiger charge is -2.53. The van der Waals surface area contributed by atoms with Crippen LogP contribution in [0.1, 0.15) is 41.5 Å². The molecule has 0 aromatic carbocycles. The maximum absolute atomic E-state index is 13.7. The first kappa shape index (κ1) is 108. The van der Waals surface area contributed by atoms with Crippen LogP contribution in [0.4, 0.5) is 0 Å². The molecule has 55 atom stereocenters. The number of nitrogens with one attached hydrogen (secondary N) is 4. The van der Waals surface area contributed by atoms with E-state index in [0.29, 0.717) is 0 Å². The molecular formula is C74H124N4O54. The number of amides is 4. The van der Waals surface area contributed by atoms with E-state index in [2.05, 4.69) is 21.3 Å². The summed E-state index contributed by atoms with van der Waals surface area (Å²) in [5, 5.41) is 337. The van der Waals surface area contributed by atoms with Gasteiger partial charge in [0.1, 0.15) is 256 Å². The third kappa shape index (κ3) is 23.7. The molecule has 0 saturated carbocycles. The van der Waals surface area contributed by atoms with Crippen molar-refractivity contribution < 1.29 is 267 Å². The molecule has 4 amide bonds. The molecule has 0 spiro atoms. The van der Waals surface area contributed by atoms with Crippen LogP contribution in [-0.2, 0) is 119 Å². The van der Waals surface area contributed by atoms with Crippen LogP contribution in [0, 0.1) is 0 Å². The van der Waals surface area contributed by atoms with E-state index in [-0.39, 0.29) is 0 Å². The fraction of sp³-hybridized carbons (Fsp3) is 0.946. The summed E-state index contributed by atoms with van der Waals surface area (Å²) in [5.41, 5.74) is 0. The Balaban J connectivity index is 1.02. The van der Waals surface area contributed by atoms with Crippen molar-refractivity contribution in [1.29, 1.82) is 0 Å². The lowest BCUT2D eigenvalue weighted by molar-refractivity contribution is -0.411. The fourth-order valence-corrected chi connectivity index (χ4v) is 17.2. The summed E-state index contributed by atoms with van der Waals surface area (Å²) >= 11 is 0. The number of aliphatic hydroxyl groups is 29. The molecular weight excluding hydrogens is 1810 g/mol. The van der Waals surface area contributed by atoms with Gasteiger partial charge in [0.25, 0.3) is 0 Å². The van der Waals surface area contributed by atoms with Crippen molar-refractivity contribution in [2.45, 2.75) is 379 Å². The summed E-state index contributed by atoms with van der Waals surface area (Å²) in [7, 11) is 0. The molecule has 1 unspecified atom stereocenters. The molecule has 11 rings (SSSR count). The molecule has 0 aromatic rings. The molecule has 0 radical (unpaired) electrons. The first-order valence-corrected chi connectivity index (χ1v) is 42.4. The SMILES string of the molecule is CC(=O)N[C@H]1[C@H](O[C@H]2[C@H](O)[C@@H](NC(C)=O)C(O)O[C@@H]2CO[C@@H]2O[C@@H](C)[C@@H](O)[C@@H](O)[C@@H]2O)O[C@H](CO)[C@@H](O[C@@H]2O[C@H](CO[C@H]3O[C@H](CO)[C@@H](O)[C@H](O[C@H]4O[C@H](CO)[C@@H](O)[C@H](O)[C@@H]4O)[C@@H]3O)[C@@H](O[C@@H]3O[C@H](CO)[C@@H](O)[C@H](O)[C@H]3NC(C)=O)[C@H](O[C@H]3O[C@H](CO)[C@@H](O)[C@H](O)[C@@H]3O[C@@H]3O[C@H](CO)[C@@H](O[C@@H]4O[C@H](CO)[C@H](O)[C@H](O)[C@H]4O)[C@H](O[C@@H]4O[C@@H](C)[C@@H](O)[C@@H](O)[C@@H]4O)[C@H]3NC(C)=O)[C@@H]2O)[C@@H]1O. The molecule has 58 nitrogen and oxygen atoms in total. The van der Waals surface area contributed by atoms with Gasteiger partial charge in [-0.2, -0.15) is 0 Å². The molecule has 11 fully saturated rings. The highest BCUT2D eigenvalue weighted by Crippen LogP contribution is 2.43. The molecule has 0 bridgehead atoms. The second-order valence-corrected chi connectivity index (χ2v) is 33.8. The zero-order chi connectivity index (χ0) is 97.1. The molecule has 0 aliphatic carbocycles. The van der Waals surface area contributed by atoms with Crippen molar-refractivity contribution in [3.05, 3.63) is 0 Å². The zero-order valence-electron chi connectivity index (χ0n) is 71.3. The van der Waals surface area contributed by atoms with Crippen molar-refractivity contribution in [1.82, 2.24) is 21.3 Å². The Morgan fingerprint density at radius 3 is 0.977 bits per heavy atom. The Bertz CT molecular complexity index is 3610. The molecule has 11 aliphatic heterocycles. The van der Waals surface area contributed by atoms with Gasteiger partial charge in [-0.3, -0.25) is 19.2 Å². The molecule has 0 aromatic heterocycles. The van der Waals surface area contributed by atoms with E-state index in [1.807, 2.05) is 0 Å². The second-order valence-electron chi connectivity index (χ2n) is 33.8. The summed E-state index contributed by atoms with van der Waals surface area (Å²) in [6.07, 6.45) is -110. The number of aliphatic hydroxyl groups excluding tert-OH is 29. The summed E-state index contributed by atoms with van der Waals surface area (Å²) in [5.74, 6) is -4.01. The van der Waals surface area contributed by atoms with Crippen LogP contribution in [0.15, 0.2) is 0 Å². The predicted octanol–water partition coefficient (Wildman–Crippen LogP) is -22.3. The number of carbonyl (C=O) groups is 4. The van der Waals surface area contributed by atoms with Gasteiger partial charge in [-0.1, -0.05) is 0 Å². The quantitative estimate of drug-likeness (QED) is 0.0290. The number of hydrogen-bond acceptors (Lipinski definition) is 54. The summed E-state index contributed by atoms with van der Waals surface area (Å²) in [4.78, 5) is 53.0. The van der Waals surface area contributed by atoms with E-state index in [9.17, 15) is 167 Å². The van der Waals surface area contributed by atoms with Crippen molar-refractivity contribution in [3.8, 4) is 0 Å². The highest BCUT2D eigenvalue weighted by Gasteiger charge is 2.63. The van der Waals surface area contributed by atoms with Gasteiger partial charge in [0.15, 0.2) is 69.2 Å². The van der Waals surface area contributed by atoms with E-state index >= 15 is 0 Å². The number of carbonyl (C=O) groups excluding carboxylic acids is 4. The van der Waals surface area contributed by atoms with Crippen molar-refractivity contribution in [2.24, 2.45) is 0 Å². The van der Waals surface area contributed by atoms with E-state index in [1.165, 1.54) is 13.8 Å². The monoisotopic (exact) mass is 1930 g/mol. The maximum atomic E-state index is 13.7. The Hall–Kier alpha value is -4.12. The number of ether oxygens (including phenoxy) is 21. The Morgan fingerprint density at radius 1 is 0.212 bits per heavy atom. The van der Waals surface area contributed by atoms with Gasteiger partial charge >= 0.3 is 0 Å². The number of rotatable bonds is 33. The van der Waals surface area contributed by atoms with E-state index in [1.54, 1.807) is 0 Å². The van der Waals surface area contributed by atoms with E-state index < -0.39 is 421 Å². The van der Waals surface area contributed by atoms with Gasteiger partial charge in [0.05, 0.1) is 71.7 Å². The molecule has 58 heteroatoms. The Labute approximate surface area is 748 Å². The minimum Gasteiger partial charge on any atom is -0.394 e. The molecule has 11 saturated heterocycles. The highest BCUT2D eigenvalue weighted by molar-refractivity contribution is 5.74. The zero-order valence-corrected chi connectivity index (χ0v) is 71.3. The van der Waals surface area contributed by atoms with Gasteiger partial charge < -0.3 is 269 Å². The maximum Gasteiger partial charge on any atom is 0.217 e. The molecule has 132 heavy (non-hydrogen) atoms. The fourth-order valence-electron chi connectivity index (χ4n) is 17.2. The van der Waals surface area contributed by atoms with Crippen LogP contribution in [-0.4, -0.2) is 569 Å². The van der Waals surface area contributed by atoms with Crippen LogP contribution in [0.2, 0.25) is 0 Å². The first-order chi connectivity index (χ1) is 62.4. The molecule has 33 N–H and O–H groups in total. The van der Waals surface area contributed by atoms with Crippen LogP contribution < -0.4 is 21.3 Å². The highest BCUT2D eigenvalue weighted by atomic mass is 16.8. The normalized spacial score (nSPS) is 50.4. The van der Waals surface area contributed by atoms with Crippen LogP contribution in [0.25, 0.3) is 0 Å². The van der Waals surface area contributed by atoms with Crippen LogP contribution >= 0.6 is 0 Å². The van der Waals surface area contributed by atoms with E-state index in [4.69, 9.17) is 99.5 Å². The summed E-state index contributed by atoms with van der Waals surface area (Å²) in [6, 6.07) is -8.13. The first-order valence-electron chi connectivity index (χ1n) is 42.4. The van der Waals surface area contributed by atoms with Crippen LogP contribution in [0.5, 0.6) is 0 Å². The average molecular weight is 1930 g/mol. The smallest absolute Gasteiger partial charge is 0.217 e. The third-order valence-electron chi connectivity index (χ3n) is 24.5. The predicted molar refractivity (Wildman–Crippen MR) is 406 cm³/mol. The Morgan fingerprint density at radius 2 is 0.485 bits per heavy atom. The van der Waals surface area contributed by atoms with Gasteiger partial charge in [-0.25, -0.2) is 0 Å². The van der Waals surface area contributed by atoms with Crippen molar-refractivity contribution in [2.75, 3.05) is 59.5 Å². The minimum atomic E-state index is -2.82. The standard InChI is InChI=1S/C74H124N4O54/c1-16-35(90)45(100)50(105)68(114-16)112-14-29-57(43(98)31(64(111)116-29)75-18(3)86)125-66-33(77-20(5)88)44(99)56(27(12-84)122-66)126-73-55(110)62(59(127-65-32(76-19(4)87)42(97)37(92)22(7-79)117-65)30(124-73)15-113-69-54(109)61(41(96)26(11-83)118-69)130-72-53(108)48(103)39(94)24(9-81)120-72)131-74-63(49(104)40(95)25(10-82)121-74)132-67-34(78-21(6)89)60(129-70-51(106)46(101)36(91)17(2)115-70)58(28(13-85)123-67)128-71-52(107)47(102)38(93)23(8-80)119-71/h16-17,22-74,79-85,90-111H,7-15H2,1-6H3,(H,75,86)(H,76,87)(H,77,88)(H,78,89)/t16-,17-,22+,23+,24+,25+,26+,27+,28+,29+,30+,31+,32+,33+,34+,35+,36+,37+,38-,39+,40+,41+,42+,43+,44+,45+,46+,47-,48-,49-,50-,51-,52+,53-,54-,55-,56+,57+,58+,59+,60+,61-,62+,63-,64?,65-,66-,67-,68+,69-,70-,71-,72+,73-,74+/m0/s1. The van der Waals surface area contributed by atoms with E-state index in [0.717, 1.165) is 27.7 Å². The van der Waals surface area contributed by atoms with Crippen LogP contribution in [0.3, 0.4) is 0 Å². The largest absolute Gasteiger partial charge is 0.394 e. The summed E-state index contributed by atoms with van der Waals surface area (Å²) < 4.78 is 128. The average Bonchev–Trinajstić information content (AvgIpc) is 0.754. The second kappa shape index (κ2) is 47.0. The van der Waals surface area contributed by atoms with Gasteiger partial charge in [0, 0.05) is 27.7 Å². The number of hydrogen-bond donors (Lipinski definition) is 33. The van der Waals surface area contributed by atoms with Crippen molar-refractivity contribution >= 4 is 23.6 Å². The van der Waals surface area contributed by atoms with Gasteiger partial charge in [-0.05, 0) is 13.8 Å². The lowest BCUT2D eigenvalue weighted by atomic mass is 9.93.